The van der Waals surface area contributed by atoms with E-state index < -0.39 is 0 Å². The number of carbonyl (C=O) groups is 2. The molecular weight excluding hydrogens is 432 g/mol. The van der Waals surface area contributed by atoms with Crippen LogP contribution >= 0.6 is 0 Å². The van der Waals surface area contributed by atoms with Gasteiger partial charge in [-0.1, -0.05) is 18.2 Å². The van der Waals surface area contributed by atoms with E-state index in [1.54, 1.807) is 30.6 Å². The van der Waals surface area contributed by atoms with Gasteiger partial charge in [0.05, 0.1) is 5.69 Å². The highest BCUT2D eigenvalue weighted by atomic mass is 16.5. The molecule has 0 bridgehead atoms. The lowest BCUT2D eigenvalue weighted by atomic mass is 10.2. The number of carbonyl (C=O) groups excluding carboxylic acids is 2. The van der Waals surface area contributed by atoms with Crippen LogP contribution in [-0.2, 0) is 11.4 Å². The van der Waals surface area contributed by atoms with Crippen molar-refractivity contribution in [2.45, 2.75) is 13.0 Å². The van der Waals surface area contributed by atoms with Crippen LogP contribution in [0.2, 0.25) is 0 Å². The van der Waals surface area contributed by atoms with E-state index in [4.69, 9.17) is 4.74 Å². The first-order chi connectivity index (χ1) is 16.7. The quantitative estimate of drug-likeness (QED) is 0.536. The first-order valence-electron chi connectivity index (χ1n) is 11.3. The summed E-state index contributed by atoms with van der Waals surface area (Å²) >= 11 is 0. The molecule has 1 saturated heterocycles. The first kappa shape index (κ1) is 23.0. The fourth-order valence-electron chi connectivity index (χ4n) is 3.65. The fraction of sp³-hybridized carbons (Fsp3) is 0.280. The highest BCUT2D eigenvalue weighted by Crippen LogP contribution is 2.18. The Kier molecular flexibility index (Phi) is 7.89. The van der Waals surface area contributed by atoms with Gasteiger partial charge in [-0.05, 0) is 36.4 Å². The van der Waals surface area contributed by atoms with Crippen molar-refractivity contribution >= 4 is 23.4 Å². The highest BCUT2D eigenvalue weighted by molar-refractivity contribution is 5.89. The van der Waals surface area contributed by atoms with Gasteiger partial charge in [-0.15, -0.1) is 0 Å². The summed E-state index contributed by atoms with van der Waals surface area (Å²) in [6.07, 6.45) is 3.74. The monoisotopic (exact) mass is 460 g/mol. The first-order valence-corrected chi connectivity index (χ1v) is 11.3. The second kappa shape index (κ2) is 11.6. The average Bonchev–Trinajstić information content (AvgIpc) is 2.89. The van der Waals surface area contributed by atoms with Gasteiger partial charge < -0.3 is 25.2 Å². The minimum Gasteiger partial charge on any atom is -0.487 e. The molecule has 1 aromatic carbocycles. The molecule has 0 radical (unpaired) electrons. The molecule has 1 aliphatic rings. The summed E-state index contributed by atoms with van der Waals surface area (Å²) < 4.78 is 5.74. The highest BCUT2D eigenvalue weighted by Gasteiger charge is 2.21. The Morgan fingerprint density at radius 1 is 0.912 bits per heavy atom. The number of nitrogens with one attached hydrogen (secondary N) is 2. The zero-order valence-electron chi connectivity index (χ0n) is 18.9. The molecule has 3 amide bonds. The van der Waals surface area contributed by atoms with Crippen molar-refractivity contribution in [1.29, 1.82) is 0 Å². The van der Waals surface area contributed by atoms with Crippen LogP contribution in [0.25, 0.3) is 0 Å². The van der Waals surface area contributed by atoms with E-state index in [0.29, 0.717) is 31.1 Å². The second-order valence-corrected chi connectivity index (χ2v) is 7.82. The molecule has 34 heavy (non-hydrogen) atoms. The van der Waals surface area contributed by atoms with Crippen molar-refractivity contribution in [2.75, 3.05) is 42.9 Å². The molecule has 9 heteroatoms. The van der Waals surface area contributed by atoms with Crippen LogP contribution in [0.15, 0.2) is 73.1 Å². The van der Waals surface area contributed by atoms with Crippen molar-refractivity contribution in [3.8, 4) is 5.75 Å². The smallest absolute Gasteiger partial charge is 0.319 e. The molecule has 3 heterocycles. The number of anilines is 2. The second-order valence-electron chi connectivity index (χ2n) is 7.82. The number of hydrogen-bond acceptors (Lipinski definition) is 6. The van der Waals surface area contributed by atoms with E-state index >= 15 is 0 Å². The normalized spacial score (nSPS) is 13.3. The Morgan fingerprint density at radius 3 is 2.44 bits per heavy atom. The zero-order valence-corrected chi connectivity index (χ0v) is 18.9. The largest absolute Gasteiger partial charge is 0.487 e. The Bertz CT molecular complexity index is 1070. The summed E-state index contributed by atoms with van der Waals surface area (Å²) in [4.78, 5) is 37.4. The van der Waals surface area contributed by atoms with Crippen molar-refractivity contribution < 1.29 is 14.3 Å². The molecule has 0 spiro atoms. The number of piperazine rings is 1. The number of aromatic nitrogens is 2. The molecule has 4 rings (SSSR count). The van der Waals surface area contributed by atoms with Crippen LogP contribution in [0.1, 0.15) is 12.1 Å². The number of amides is 3. The van der Waals surface area contributed by atoms with Gasteiger partial charge >= 0.3 is 6.03 Å². The lowest BCUT2D eigenvalue weighted by Gasteiger charge is -2.35. The van der Waals surface area contributed by atoms with Gasteiger partial charge in [0, 0.05) is 63.3 Å². The van der Waals surface area contributed by atoms with E-state index in [-0.39, 0.29) is 24.9 Å². The van der Waals surface area contributed by atoms with Crippen LogP contribution < -0.4 is 20.3 Å². The molecule has 176 valence electrons. The van der Waals surface area contributed by atoms with Crippen molar-refractivity contribution in [3.05, 3.63) is 78.8 Å². The molecule has 2 N–H and O–H groups in total. The molecule has 0 aliphatic carbocycles. The Hall–Kier alpha value is -4.14. The lowest BCUT2D eigenvalue weighted by Crippen LogP contribution is -2.49. The van der Waals surface area contributed by atoms with Crippen LogP contribution in [0.4, 0.5) is 16.3 Å². The van der Waals surface area contributed by atoms with E-state index in [1.165, 1.54) is 0 Å². The molecule has 9 nitrogen and oxygen atoms in total. The molecular formula is C25H28N6O3. The van der Waals surface area contributed by atoms with Crippen LogP contribution in [-0.4, -0.2) is 59.5 Å². The summed E-state index contributed by atoms with van der Waals surface area (Å²) in [6.45, 7) is 3.39. The third kappa shape index (κ3) is 6.68. The van der Waals surface area contributed by atoms with Crippen LogP contribution in [0.3, 0.4) is 0 Å². The molecule has 0 atom stereocenters. The van der Waals surface area contributed by atoms with E-state index in [2.05, 4.69) is 25.5 Å². The number of ether oxygens (including phenoxy) is 1. The Morgan fingerprint density at radius 2 is 1.71 bits per heavy atom. The average molecular weight is 461 g/mol. The summed E-state index contributed by atoms with van der Waals surface area (Å²) in [7, 11) is 0. The fourth-order valence-corrected chi connectivity index (χ4v) is 3.65. The van der Waals surface area contributed by atoms with Gasteiger partial charge in [-0.2, -0.15) is 0 Å². The topological polar surface area (TPSA) is 99.7 Å². The third-order valence-corrected chi connectivity index (χ3v) is 5.43. The summed E-state index contributed by atoms with van der Waals surface area (Å²) in [6, 6.07) is 18.2. The molecule has 0 saturated carbocycles. The number of hydrogen-bond donors (Lipinski definition) is 2. The molecule has 2 aromatic heterocycles. The molecule has 1 fully saturated rings. The van der Waals surface area contributed by atoms with E-state index in [9.17, 15) is 9.59 Å². The zero-order chi connectivity index (χ0) is 23.6. The SMILES string of the molecule is O=C(NCCC(=O)N1CCN(c2ccccn2)CC1)Nc1cccc(OCc2ccccn2)c1. The number of pyridine rings is 2. The summed E-state index contributed by atoms with van der Waals surface area (Å²) in [5, 5.41) is 5.52. The van der Waals surface area contributed by atoms with Gasteiger partial charge in [0.1, 0.15) is 18.2 Å². The molecule has 3 aromatic rings. The third-order valence-electron chi connectivity index (χ3n) is 5.43. The number of rotatable bonds is 8. The van der Waals surface area contributed by atoms with Gasteiger partial charge in [0.25, 0.3) is 0 Å². The summed E-state index contributed by atoms with van der Waals surface area (Å²) in [5.41, 5.74) is 1.43. The van der Waals surface area contributed by atoms with E-state index in [1.807, 2.05) is 47.4 Å². The van der Waals surface area contributed by atoms with Gasteiger partial charge in [0.15, 0.2) is 0 Å². The maximum Gasteiger partial charge on any atom is 0.319 e. The standard InChI is InChI=1S/C25H28N6O3/c32-24(31-16-14-30(15-17-31)23-9-2-4-12-27-23)10-13-28-25(33)29-20-7-5-8-22(18-20)34-19-21-6-1-3-11-26-21/h1-9,11-12,18H,10,13-17,19H2,(H2,28,29,33). The lowest BCUT2D eigenvalue weighted by molar-refractivity contribution is -0.131. The minimum atomic E-state index is -0.366. The number of urea groups is 1. The summed E-state index contributed by atoms with van der Waals surface area (Å²) in [5.74, 6) is 1.59. The molecule has 1 aliphatic heterocycles. The predicted octanol–water partition coefficient (Wildman–Crippen LogP) is 2.92. The maximum absolute atomic E-state index is 12.5. The van der Waals surface area contributed by atoms with Gasteiger partial charge in [-0.3, -0.25) is 9.78 Å². The van der Waals surface area contributed by atoms with Crippen LogP contribution in [0, 0.1) is 0 Å². The number of benzene rings is 1. The van der Waals surface area contributed by atoms with Gasteiger partial charge in [-0.25, -0.2) is 9.78 Å². The number of nitrogens with zero attached hydrogens (tertiary/aromatic N) is 4. The Labute approximate surface area is 198 Å². The maximum atomic E-state index is 12.5. The van der Waals surface area contributed by atoms with E-state index in [0.717, 1.165) is 24.6 Å². The molecule has 0 unspecified atom stereocenters. The van der Waals surface area contributed by atoms with Crippen molar-refractivity contribution in [2.24, 2.45) is 0 Å². The predicted molar refractivity (Wildman–Crippen MR) is 130 cm³/mol. The minimum absolute atomic E-state index is 0.0332. The van der Waals surface area contributed by atoms with Crippen LogP contribution in [0.5, 0.6) is 5.75 Å². The van der Waals surface area contributed by atoms with Crippen molar-refractivity contribution in [3.63, 3.8) is 0 Å². The van der Waals surface area contributed by atoms with Crippen molar-refractivity contribution in [1.82, 2.24) is 20.2 Å². The Balaban J connectivity index is 1.16. The van der Waals surface area contributed by atoms with Gasteiger partial charge in [0.2, 0.25) is 5.91 Å².